The molecule has 0 spiro atoms. The zero-order valence-electron chi connectivity index (χ0n) is 10.6. The molecule has 0 heterocycles. The summed E-state index contributed by atoms with van der Waals surface area (Å²) in [5, 5.41) is 13.1. The number of fused-ring (bicyclic) bond motifs is 1. The van der Waals surface area contributed by atoms with Gasteiger partial charge in [-0.05, 0) is 23.6 Å². The third-order valence-corrected chi connectivity index (χ3v) is 2.70. The van der Waals surface area contributed by atoms with Gasteiger partial charge in [-0.25, -0.2) is 9.59 Å². The SMILES string of the molecule is C=CCOC(=O)Nc1cccc2ccc(C(=O)O)cc12. The number of ether oxygens (including phenoxy) is 1. The van der Waals surface area contributed by atoms with Gasteiger partial charge >= 0.3 is 12.1 Å². The highest BCUT2D eigenvalue weighted by atomic mass is 16.5. The van der Waals surface area contributed by atoms with E-state index in [4.69, 9.17) is 9.84 Å². The number of carbonyl (C=O) groups is 2. The second kappa shape index (κ2) is 5.88. The van der Waals surface area contributed by atoms with Crippen LogP contribution >= 0.6 is 0 Å². The van der Waals surface area contributed by atoms with Crippen LogP contribution in [0.15, 0.2) is 49.1 Å². The van der Waals surface area contributed by atoms with Crippen molar-refractivity contribution < 1.29 is 19.4 Å². The molecule has 0 fully saturated rings. The molecule has 0 radical (unpaired) electrons. The zero-order chi connectivity index (χ0) is 14.5. The van der Waals surface area contributed by atoms with Crippen molar-refractivity contribution in [2.24, 2.45) is 0 Å². The van der Waals surface area contributed by atoms with Gasteiger partial charge < -0.3 is 9.84 Å². The van der Waals surface area contributed by atoms with E-state index in [-0.39, 0.29) is 12.2 Å². The van der Waals surface area contributed by atoms with Crippen LogP contribution in [0.1, 0.15) is 10.4 Å². The fourth-order valence-corrected chi connectivity index (χ4v) is 1.80. The molecule has 0 unspecified atom stereocenters. The van der Waals surface area contributed by atoms with Gasteiger partial charge in [0.1, 0.15) is 6.61 Å². The molecule has 0 aliphatic rings. The predicted octanol–water partition coefficient (Wildman–Crippen LogP) is 3.27. The van der Waals surface area contributed by atoms with Gasteiger partial charge in [0.15, 0.2) is 0 Å². The Morgan fingerprint density at radius 2 is 2.10 bits per heavy atom. The summed E-state index contributed by atoms with van der Waals surface area (Å²) in [6.07, 6.45) is 0.851. The van der Waals surface area contributed by atoms with Gasteiger partial charge in [-0.1, -0.05) is 30.9 Å². The maximum absolute atomic E-state index is 11.5. The van der Waals surface area contributed by atoms with Gasteiger partial charge in [0, 0.05) is 5.39 Å². The van der Waals surface area contributed by atoms with Crippen LogP contribution in [0, 0.1) is 0 Å². The molecule has 5 heteroatoms. The lowest BCUT2D eigenvalue weighted by Gasteiger charge is -2.09. The average Bonchev–Trinajstić information content (AvgIpc) is 2.45. The highest BCUT2D eigenvalue weighted by molar-refractivity contribution is 6.03. The molecule has 0 aliphatic carbocycles. The Morgan fingerprint density at radius 1 is 1.30 bits per heavy atom. The van der Waals surface area contributed by atoms with Crippen LogP contribution in [0.25, 0.3) is 10.8 Å². The average molecular weight is 271 g/mol. The Kier molecular flexibility index (Phi) is 4.00. The fraction of sp³-hybridized carbons (Fsp3) is 0.0667. The van der Waals surface area contributed by atoms with E-state index in [9.17, 15) is 9.59 Å². The van der Waals surface area contributed by atoms with Gasteiger partial charge in [0.25, 0.3) is 0 Å². The number of carboxylic acid groups (broad SMARTS) is 1. The standard InChI is InChI=1S/C15H13NO4/c1-2-8-20-15(19)16-13-5-3-4-10-6-7-11(14(17)18)9-12(10)13/h2-7,9H,1,8H2,(H,16,19)(H,17,18). The molecule has 0 aromatic heterocycles. The number of amides is 1. The summed E-state index contributed by atoms with van der Waals surface area (Å²) in [4.78, 5) is 22.5. The van der Waals surface area contributed by atoms with E-state index in [1.54, 1.807) is 18.2 Å². The van der Waals surface area contributed by atoms with Crippen molar-refractivity contribution in [3.05, 3.63) is 54.6 Å². The topological polar surface area (TPSA) is 75.6 Å². The number of carbonyl (C=O) groups excluding carboxylic acids is 1. The molecule has 2 N–H and O–H groups in total. The molecular weight excluding hydrogens is 258 g/mol. The van der Waals surface area contributed by atoms with Crippen molar-refractivity contribution in [3.8, 4) is 0 Å². The van der Waals surface area contributed by atoms with Crippen LogP contribution in [-0.2, 0) is 4.74 Å². The number of hydrogen-bond donors (Lipinski definition) is 2. The lowest BCUT2D eigenvalue weighted by atomic mass is 10.1. The molecule has 0 atom stereocenters. The quantitative estimate of drug-likeness (QED) is 0.837. The Hall–Kier alpha value is -2.82. The number of rotatable bonds is 4. The van der Waals surface area contributed by atoms with Crippen LogP contribution in [-0.4, -0.2) is 23.8 Å². The molecule has 2 aromatic rings. The molecule has 0 saturated heterocycles. The van der Waals surface area contributed by atoms with Gasteiger partial charge in [-0.15, -0.1) is 0 Å². The second-order valence-electron chi connectivity index (χ2n) is 4.06. The maximum atomic E-state index is 11.5. The third-order valence-electron chi connectivity index (χ3n) is 2.70. The summed E-state index contributed by atoms with van der Waals surface area (Å²) in [5.74, 6) is -1.02. The Balaban J connectivity index is 2.37. The molecule has 1 amide bonds. The van der Waals surface area contributed by atoms with Crippen molar-refractivity contribution in [2.45, 2.75) is 0 Å². The van der Waals surface area contributed by atoms with Gasteiger partial charge in [0.2, 0.25) is 0 Å². The van der Waals surface area contributed by atoms with E-state index in [0.29, 0.717) is 11.1 Å². The first kappa shape index (κ1) is 13.6. The first-order chi connectivity index (χ1) is 9.61. The summed E-state index contributed by atoms with van der Waals surface area (Å²) < 4.78 is 4.84. The van der Waals surface area contributed by atoms with E-state index in [2.05, 4.69) is 11.9 Å². The Labute approximate surface area is 115 Å². The molecule has 102 valence electrons. The molecule has 0 saturated carbocycles. The van der Waals surface area contributed by atoms with Crippen LogP contribution < -0.4 is 5.32 Å². The molecule has 2 rings (SSSR count). The summed E-state index contributed by atoms with van der Waals surface area (Å²) >= 11 is 0. The number of anilines is 1. The molecule has 5 nitrogen and oxygen atoms in total. The number of benzene rings is 2. The summed E-state index contributed by atoms with van der Waals surface area (Å²) in [5.41, 5.74) is 0.658. The molecular formula is C15H13NO4. The molecule has 0 bridgehead atoms. The number of carboxylic acids is 1. The minimum atomic E-state index is -1.02. The molecule has 0 aliphatic heterocycles. The van der Waals surface area contributed by atoms with Gasteiger partial charge in [0.05, 0.1) is 11.3 Å². The number of nitrogens with one attached hydrogen (secondary N) is 1. The summed E-state index contributed by atoms with van der Waals surface area (Å²) in [6, 6.07) is 10.0. The molecule has 20 heavy (non-hydrogen) atoms. The van der Waals surface area contributed by atoms with Crippen molar-refractivity contribution in [2.75, 3.05) is 11.9 Å². The largest absolute Gasteiger partial charge is 0.478 e. The van der Waals surface area contributed by atoms with E-state index in [1.807, 2.05) is 6.07 Å². The van der Waals surface area contributed by atoms with Crippen molar-refractivity contribution >= 4 is 28.5 Å². The monoisotopic (exact) mass is 271 g/mol. The first-order valence-electron chi connectivity index (χ1n) is 5.92. The minimum Gasteiger partial charge on any atom is -0.478 e. The van der Waals surface area contributed by atoms with E-state index >= 15 is 0 Å². The van der Waals surface area contributed by atoms with Crippen molar-refractivity contribution in [3.63, 3.8) is 0 Å². The fourth-order valence-electron chi connectivity index (χ4n) is 1.80. The molecule has 2 aromatic carbocycles. The predicted molar refractivity (Wildman–Crippen MR) is 76.1 cm³/mol. The maximum Gasteiger partial charge on any atom is 0.411 e. The van der Waals surface area contributed by atoms with Crippen LogP contribution in [0.5, 0.6) is 0 Å². The lowest BCUT2D eigenvalue weighted by Crippen LogP contribution is -2.13. The van der Waals surface area contributed by atoms with Crippen LogP contribution in [0.3, 0.4) is 0 Å². The minimum absolute atomic E-state index is 0.108. The van der Waals surface area contributed by atoms with Crippen LogP contribution in [0.4, 0.5) is 10.5 Å². The Morgan fingerprint density at radius 3 is 2.80 bits per heavy atom. The highest BCUT2D eigenvalue weighted by Crippen LogP contribution is 2.24. The van der Waals surface area contributed by atoms with Crippen molar-refractivity contribution in [1.82, 2.24) is 0 Å². The third kappa shape index (κ3) is 2.95. The first-order valence-corrected chi connectivity index (χ1v) is 5.92. The second-order valence-corrected chi connectivity index (χ2v) is 4.06. The van der Waals surface area contributed by atoms with Crippen LogP contribution in [0.2, 0.25) is 0 Å². The normalized spacial score (nSPS) is 10.0. The summed E-state index contributed by atoms with van der Waals surface area (Å²) in [7, 11) is 0. The van der Waals surface area contributed by atoms with Gasteiger partial charge in [-0.2, -0.15) is 0 Å². The smallest absolute Gasteiger partial charge is 0.411 e. The number of aromatic carboxylic acids is 1. The van der Waals surface area contributed by atoms with Gasteiger partial charge in [-0.3, -0.25) is 5.32 Å². The lowest BCUT2D eigenvalue weighted by molar-refractivity contribution is 0.0697. The number of hydrogen-bond acceptors (Lipinski definition) is 3. The van der Waals surface area contributed by atoms with E-state index in [1.165, 1.54) is 18.2 Å². The van der Waals surface area contributed by atoms with Crippen molar-refractivity contribution in [1.29, 1.82) is 0 Å². The van der Waals surface area contributed by atoms with E-state index in [0.717, 1.165) is 5.39 Å². The zero-order valence-corrected chi connectivity index (χ0v) is 10.6. The Bertz CT molecular complexity index is 679. The summed E-state index contributed by atoms with van der Waals surface area (Å²) in [6.45, 7) is 3.56. The van der Waals surface area contributed by atoms with E-state index < -0.39 is 12.1 Å². The highest BCUT2D eigenvalue weighted by Gasteiger charge is 2.09.